The molecule has 134 valence electrons. The number of aromatic carboxylic acids is 1. The van der Waals surface area contributed by atoms with Gasteiger partial charge in [-0.3, -0.25) is 0 Å². The van der Waals surface area contributed by atoms with Crippen molar-refractivity contribution in [1.82, 2.24) is 4.90 Å². The summed E-state index contributed by atoms with van der Waals surface area (Å²) in [6, 6.07) is 14.9. The minimum absolute atomic E-state index is 0.00938. The number of hydrogen-bond acceptors (Lipinski definition) is 3. The van der Waals surface area contributed by atoms with Crippen LogP contribution in [0.25, 0.3) is 0 Å². The third kappa shape index (κ3) is 3.29. The first-order valence-corrected chi connectivity index (χ1v) is 8.97. The van der Waals surface area contributed by atoms with Gasteiger partial charge in [0.2, 0.25) is 0 Å². The van der Waals surface area contributed by atoms with Crippen LogP contribution in [0.1, 0.15) is 45.9 Å². The van der Waals surface area contributed by atoms with Crippen molar-refractivity contribution < 1.29 is 19.4 Å². The lowest BCUT2D eigenvalue weighted by atomic mass is 9.89. The molecule has 1 unspecified atom stereocenters. The quantitative estimate of drug-likeness (QED) is 0.903. The first kappa shape index (κ1) is 16.6. The van der Waals surface area contributed by atoms with E-state index >= 15 is 0 Å². The SMILES string of the molecule is O=C(O)c1ccc2c(c1)CCN(C(=O)OCc1ccccc1)C2C1CC1. The Morgan fingerprint density at radius 2 is 1.88 bits per heavy atom. The summed E-state index contributed by atoms with van der Waals surface area (Å²) in [4.78, 5) is 25.8. The van der Waals surface area contributed by atoms with E-state index in [4.69, 9.17) is 4.74 Å². The molecule has 1 heterocycles. The molecule has 1 aliphatic carbocycles. The predicted molar refractivity (Wildman–Crippen MR) is 95.9 cm³/mol. The van der Waals surface area contributed by atoms with Crippen molar-refractivity contribution >= 4 is 12.1 Å². The Morgan fingerprint density at radius 1 is 1.12 bits per heavy atom. The Bertz CT molecular complexity index is 829. The number of rotatable bonds is 4. The third-order valence-electron chi connectivity index (χ3n) is 5.17. The minimum Gasteiger partial charge on any atom is -0.478 e. The molecule has 0 spiro atoms. The smallest absolute Gasteiger partial charge is 0.410 e. The second kappa shape index (κ2) is 6.83. The highest BCUT2D eigenvalue weighted by atomic mass is 16.6. The van der Waals surface area contributed by atoms with E-state index < -0.39 is 5.97 Å². The Balaban J connectivity index is 1.53. The molecule has 1 aliphatic heterocycles. The van der Waals surface area contributed by atoms with Crippen LogP contribution >= 0.6 is 0 Å². The van der Waals surface area contributed by atoms with Crippen molar-refractivity contribution in [3.63, 3.8) is 0 Å². The summed E-state index contributed by atoms with van der Waals surface area (Å²) in [5.74, 6) is -0.477. The standard InChI is InChI=1S/C21H21NO4/c23-20(24)17-8-9-18-16(12-17)10-11-22(19(18)15-6-7-15)21(25)26-13-14-4-2-1-3-5-14/h1-5,8-9,12,15,19H,6-7,10-11,13H2,(H,23,24). The molecule has 4 rings (SSSR count). The Morgan fingerprint density at radius 3 is 2.58 bits per heavy atom. The molecule has 1 fully saturated rings. The van der Waals surface area contributed by atoms with Gasteiger partial charge < -0.3 is 14.7 Å². The monoisotopic (exact) mass is 351 g/mol. The van der Waals surface area contributed by atoms with Crippen LogP contribution in [0.3, 0.4) is 0 Å². The minimum atomic E-state index is -0.916. The molecular formula is C21H21NO4. The van der Waals surface area contributed by atoms with Crippen molar-refractivity contribution in [3.8, 4) is 0 Å². The van der Waals surface area contributed by atoms with Gasteiger partial charge in [0.1, 0.15) is 6.61 Å². The first-order valence-electron chi connectivity index (χ1n) is 8.97. The average Bonchev–Trinajstić information content (AvgIpc) is 3.50. The normalized spacial score (nSPS) is 18.9. The number of carboxylic acid groups (broad SMARTS) is 1. The molecule has 0 radical (unpaired) electrons. The average molecular weight is 351 g/mol. The highest BCUT2D eigenvalue weighted by Crippen LogP contribution is 2.47. The molecule has 1 N–H and O–H groups in total. The fourth-order valence-electron chi connectivity index (χ4n) is 3.72. The lowest BCUT2D eigenvalue weighted by molar-refractivity contribution is 0.0687. The van der Waals surface area contributed by atoms with Gasteiger partial charge in [0.15, 0.2) is 0 Å². The van der Waals surface area contributed by atoms with Crippen LogP contribution in [0.4, 0.5) is 4.79 Å². The van der Waals surface area contributed by atoms with Crippen LogP contribution in [0.2, 0.25) is 0 Å². The molecular weight excluding hydrogens is 330 g/mol. The maximum Gasteiger partial charge on any atom is 0.410 e. The van der Waals surface area contributed by atoms with Crippen molar-refractivity contribution in [1.29, 1.82) is 0 Å². The lowest BCUT2D eigenvalue weighted by Gasteiger charge is -2.37. The van der Waals surface area contributed by atoms with E-state index in [1.54, 1.807) is 12.1 Å². The summed E-state index contributed by atoms with van der Waals surface area (Å²) in [6.45, 7) is 0.823. The Hall–Kier alpha value is -2.82. The molecule has 0 saturated heterocycles. The molecule has 0 aromatic heterocycles. The molecule has 26 heavy (non-hydrogen) atoms. The highest BCUT2D eigenvalue weighted by molar-refractivity contribution is 5.88. The van der Waals surface area contributed by atoms with Gasteiger partial charge in [-0.05, 0) is 54.0 Å². The molecule has 2 aromatic rings. The topological polar surface area (TPSA) is 66.8 Å². The molecule has 1 amide bonds. The number of nitrogens with zero attached hydrogens (tertiary/aromatic N) is 1. The summed E-state index contributed by atoms with van der Waals surface area (Å²) >= 11 is 0. The summed E-state index contributed by atoms with van der Waals surface area (Å²) < 4.78 is 5.55. The lowest BCUT2D eigenvalue weighted by Crippen LogP contribution is -2.41. The molecule has 1 saturated carbocycles. The fourth-order valence-corrected chi connectivity index (χ4v) is 3.72. The van der Waals surface area contributed by atoms with E-state index in [0.29, 0.717) is 24.4 Å². The zero-order valence-corrected chi connectivity index (χ0v) is 14.4. The van der Waals surface area contributed by atoms with Crippen LogP contribution in [0, 0.1) is 5.92 Å². The van der Waals surface area contributed by atoms with E-state index in [9.17, 15) is 14.7 Å². The van der Waals surface area contributed by atoms with Crippen molar-refractivity contribution in [2.24, 2.45) is 5.92 Å². The van der Waals surface area contributed by atoms with Crippen LogP contribution in [-0.2, 0) is 17.8 Å². The highest BCUT2D eigenvalue weighted by Gasteiger charge is 2.42. The van der Waals surface area contributed by atoms with Gasteiger partial charge in [-0.15, -0.1) is 0 Å². The molecule has 5 nitrogen and oxygen atoms in total. The van der Waals surface area contributed by atoms with Crippen molar-refractivity contribution in [2.75, 3.05) is 6.54 Å². The van der Waals surface area contributed by atoms with Crippen LogP contribution in [-0.4, -0.2) is 28.6 Å². The van der Waals surface area contributed by atoms with Crippen molar-refractivity contribution in [3.05, 3.63) is 70.8 Å². The summed E-state index contributed by atoms with van der Waals surface area (Å²) in [7, 11) is 0. The number of amides is 1. The van der Waals surface area contributed by atoms with E-state index in [1.807, 2.05) is 41.3 Å². The third-order valence-corrected chi connectivity index (χ3v) is 5.17. The van der Waals surface area contributed by atoms with E-state index in [1.165, 1.54) is 0 Å². The molecule has 1 atom stereocenters. The number of fused-ring (bicyclic) bond motifs is 1. The van der Waals surface area contributed by atoms with Crippen LogP contribution < -0.4 is 0 Å². The van der Waals surface area contributed by atoms with Crippen LogP contribution in [0.5, 0.6) is 0 Å². The number of ether oxygens (including phenoxy) is 1. The van der Waals surface area contributed by atoms with Gasteiger partial charge in [-0.2, -0.15) is 0 Å². The number of carbonyl (C=O) groups is 2. The van der Waals surface area contributed by atoms with Gasteiger partial charge in [0, 0.05) is 6.54 Å². The maximum atomic E-state index is 12.7. The maximum absolute atomic E-state index is 12.7. The fraction of sp³-hybridized carbons (Fsp3) is 0.333. The number of carboxylic acids is 1. The zero-order valence-electron chi connectivity index (χ0n) is 14.4. The number of hydrogen-bond donors (Lipinski definition) is 1. The second-order valence-corrected chi connectivity index (χ2v) is 6.98. The summed E-state index contributed by atoms with van der Waals surface area (Å²) in [5.41, 5.74) is 3.38. The predicted octanol–water partition coefficient (Wildman–Crippen LogP) is 4.03. The van der Waals surface area contributed by atoms with Gasteiger partial charge >= 0.3 is 12.1 Å². The van der Waals surface area contributed by atoms with Crippen LogP contribution in [0.15, 0.2) is 48.5 Å². The van der Waals surface area contributed by atoms with E-state index in [-0.39, 0.29) is 18.7 Å². The Labute approximate surface area is 152 Å². The van der Waals surface area contributed by atoms with E-state index in [0.717, 1.165) is 29.5 Å². The number of benzene rings is 2. The number of carbonyl (C=O) groups excluding carboxylic acids is 1. The van der Waals surface area contributed by atoms with Gasteiger partial charge in [-0.1, -0.05) is 36.4 Å². The van der Waals surface area contributed by atoms with Gasteiger partial charge in [0.05, 0.1) is 11.6 Å². The molecule has 2 aliphatic rings. The first-order chi connectivity index (χ1) is 12.6. The largest absolute Gasteiger partial charge is 0.478 e. The zero-order chi connectivity index (χ0) is 18.1. The van der Waals surface area contributed by atoms with Gasteiger partial charge in [0.25, 0.3) is 0 Å². The molecule has 2 aromatic carbocycles. The van der Waals surface area contributed by atoms with Crippen molar-refractivity contribution in [2.45, 2.75) is 31.9 Å². The van der Waals surface area contributed by atoms with E-state index in [2.05, 4.69) is 0 Å². The molecule has 0 bridgehead atoms. The Kier molecular flexibility index (Phi) is 4.37. The molecule has 5 heteroatoms. The van der Waals surface area contributed by atoms with Gasteiger partial charge in [-0.25, -0.2) is 9.59 Å². The summed E-state index contributed by atoms with van der Waals surface area (Å²) in [6.07, 6.45) is 2.54. The second-order valence-electron chi connectivity index (χ2n) is 6.98. The summed E-state index contributed by atoms with van der Waals surface area (Å²) in [5, 5.41) is 9.21.